The summed E-state index contributed by atoms with van der Waals surface area (Å²) in [6.07, 6.45) is 1.91. The highest BCUT2D eigenvalue weighted by molar-refractivity contribution is 5.98. The van der Waals surface area contributed by atoms with Gasteiger partial charge in [-0.15, -0.1) is 0 Å². The lowest BCUT2D eigenvalue weighted by molar-refractivity contribution is 0.100. The number of anilines is 3. The lowest BCUT2D eigenvalue weighted by Gasteiger charge is -2.22. The molecule has 0 aliphatic heterocycles. The average Bonchev–Trinajstić information content (AvgIpc) is 2.69. The van der Waals surface area contributed by atoms with Gasteiger partial charge in [-0.25, -0.2) is 18.7 Å². The van der Waals surface area contributed by atoms with Crippen LogP contribution in [0, 0.1) is 11.6 Å². The van der Waals surface area contributed by atoms with E-state index in [0.717, 1.165) is 12.1 Å². The van der Waals surface area contributed by atoms with Gasteiger partial charge in [0.15, 0.2) is 17.5 Å². The molecular formula is C19H26F2N6O3. The Morgan fingerprint density at radius 2 is 1.97 bits per heavy atom. The number of amides is 1. The van der Waals surface area contributed by atoms with E-state index in [-0.39, 0.29) is 54.1 Å². The fourth-order valence-corrected chi connectivity index (χ4v) is 2.61. The minimum Gasteiger partial charge on any atom is -0.473 e. The first-order valence-corrected chi connectivity index (χ1v) is 9.33. The fourth-order valence-electron chi connectivity index (χ4n) is 2.61. The lowest BCUT2D eigenvalue weighted by Crippen LogP contribution is -2.38. The highest BCUT2D eigenvalue weighted by Crippen LogP contribution is 2.26. The van der Waals surface area contributed by atoms with Crippen molar-refractivity contribution in [3.05, 3.63) is 35.5 Å². The van der Waals surface area contributed by atoms with Gasteiger partial charge in [0.25, 0.3) is 11.8 Å². The van der Waals surface area contributed by atoms with Crippen LogP contribution in [0.2, 0.25) is 0 Å². The fraction of sp³-hybridized carbons (Fsp3) is 0.421. The molecule has 30 heavy (non-hydrogen) atoms. The van der Waals surface area contributed by atoms with Crippen LogP contribution in [0.5, 0.6) is 5.88 Å². The Balaban J connectivity index is 2.32. The van der Waals surface area contributed by atoms with Crippen LogP contribution >= 0.6 is 0 Å². The molecule has 0 fully saturated rings. The second-order valence-electron chi connectivity index (χ2n) is 6.57. The molecular weight excluding hydrogens is 398 g/mol. The predicted octanol–water partition coefficient (Wildman–Crippen LogP) is 2.16. The normalized spacial score (nSPS) is 12.9. The van der Waals surface area contributed by atoms with Crippen molar-refractivity contribution in [2.24, 2.45) is 11.5 Å². The highest BCUT2D eigenvalue weighted by atomic mass is 19.1. The maximum atomic E-state index is 14.5. The molecule has 0 saturated heterocycles. The van der Waals surface area contributed by atoms with E-state index >= 15 is 0 Å². The highest BCUT2D eigenvalue weighted by Gasteiger charge is 2.20. The number of hydrogen-bond donors (Lipinski definition) is 4. The van der Waals surface area contributed by atoms with Gasteiger partial charge in [0, 0.05) is 25.3 Å². The van der Waals surface area contributed by atoms with E-state index in [1.54, 1.807) is 6.92 Å². The van der Waals surface area contributed by atoms with Crippen LogP contribution in [0.15, 0.2) is 18.3 Å². The number of hydrogen-bond acceptors (Lipinski definition) is 8. The van der Waals surface area contributed by atoms with E-state index in [9.17, 15) is 13.6 Å². The van der Waals surface area contributed by atoms with E-state index < -0.39 is 17.5 Å². The standard InChI is InChI=1S/C19H26F2N6O3/c1-4-15(10(2)22)26-18-13(20)8-12(16(23)28)17(27-18)25-11-7-14(21)19(24-9-11)30-6-5-29-3/h7-10,15H,4-6,22H2,1-3H3,(H2,23,28)(H2,25,26,27)/t10-,15+/m0/s1. The number of carbonyl (C=O) groups excluding carboxylic acids is 1. The van der Waals surface area contributed by atoms with Crippen molar-refractivity contribution in [3.8, 4) is 5.88 Å². The monoisotopic (exact) mass is 424 g/mol. The quantitative estimate of drug-likeness (QED) is 0.403. The molecule has 2 aromatic rings. The molecule has 1 amide bonds. The third-order valence-corrected chi connectivity index (χ3v) is 4.23. The van der Waals surface area contributed by atoms with Crippen molar-refractivity contribution in [1.29, 1.82) is 0 Å². The molecule has 0 bridgehead atoms. The van der Waals surface area contributed by atoms with E-state index in [1.165, 1.54) is 13.3 Å². The molecule has 164 valence electrons. The van der Waals surface area contributed by atoms with E-state index in [0.29, 0.717) is 6.42 Å². The SMILES string of the molecule is CC[C@@H](Nc1nc(Nc2cnc(OCCOC)c(F)c2)c(C(N)=O)cc1F)[C@H](C)N. The van der Waals surface area contributed by atoms with E-state index in [1.807, 2.05) is 6.92 Å². The molecule has 0 saturated carbocycles. The first-order chi connectivity index (χ1) is 14.3. The predicted molar refractivity (Wildman–Crippen MR) is 109 cm³/mol. The summed E-state index contributed by atoms with van der Waals surface area (Å²) in [7, 11) is 1.49. The summed E-state index contributed by atoms with van der Waals surface area (Å²) in [5.41, 5.74) is 11.2. The molecule has 2 aromatic heterocycles. The average molecular weight is 424 g/mol. The molecule has 9 nitrogen and oxygen atoms in total. The Kier molecular flexibility index (Phi) is 8.25. The maximum absolute atomic E-state index is 14.5. The molecule has 0 aliphatic carbocycles. The van der Waals surface area contributed by atoms with E-state index in [2.05, 4.69) is 20.6 Å². The third kappa shape index (κ3) is 5.97. The van der Waals surface area contributed by atoms with E-state index in [4.69, 9.17) is 20.9 Å². The number of halogens is 2. The zero-order chi connectivity index (χ0) is 22.3. The van der Waals surface area contributed by atoms with Gasteiger partial charge in [-0.1, -0.05) is 6.92 Å². The first-order valence-electron chi connectivity index (χ1n) is 9.33. The summed E-state index contributed by atoms with van der Waals surface area (Å²) in [5.74, 6) is -2.77. The molecule has 2 heterocycles. The van der Waals surface area contributed by atoms with Gasteiger partial charge in [0.1, 0.15) is 12.4 Å². The summed E-state index contributed by atoms with van der Waals surface area (Å²) in [4.78, 5) is 19.7. The van der Waals surface area contributed by atoms with Crippen LogP contribution in [0.25, 0.3) is 0 Å². The molecule has 0 aliphatic rings. The molecule has 6 N–H and O–H groups in total. The first kappa shape index (κ1) is 23.2. The van der Waals surface area contributed by atoms with Crippen molar-refractivity contribution >= 4 is 23.2 Å². The van der Waals surface area contributed by atoms with Gasteiger partial charge in [0.2, 0.25) is 0 Å². The van der Waals surface area contributed by atoms with Gasteiger partial charge in [-0.05, 0) is 19.4 Å². The van der Waals surface area contributed by atoms with Crippen molar-refractivity contribution in [2.45, 2.75) is 32.4 Å². The number of rotatable bonds is 11. The van der Waals surface area contributed by atoms with Crippen molar-refractivity contribution in [3.63, 3.8) is 0 Å². The molecule has 11 heteroatoms. The summed E-state index contributed by atoms with van der Waals surface area (Å²) in [5, 5.41) is 5.66. The number of nitrogens with two attached hydrogens (primary N) is 2. The van der Waals surface area contributed by atoms with Crippen LogP contribution in [-0.4, -0.2) is 48.3 Å². The summed E-state index contributed by atoms with van der Waals surface area (Å²) in [6.45, 7) is 4.07. The van der Waals surface area contributed by atoms with Crippen LogP contribution < -0.4 is 26.8 Å². The number of ether oxygens (including phenoxy) is 2. The van der Waals surface area contributed by atoms with Crippen molar-refractivity contribution in [2.75, 3.05) is 31.0 Å². The summed E-state index contributed by atoms with van der Waals surface area (Å²) < 4.78 is 38.7. The second kappa shape index (κ2) is 10.6. The van der Waals surface area contributed by atoms with Crippen LogP contribution in [0.3, 0.4) is 0 Å². The molecule has 0 spiro atoms. The number of carbonyl (C=O) groups is 1. The smallest absolute Gasteiger partial charge is 0.252 e. The Labute approximate surface area is 173 Å². The number of primary amides is 1. The van der Waals surface area contributed by atoms with Crippen LogP contribution in [0.1, 0.15) is 30.6 Å². The van der Waals surface area contributed by atoms with Gasteiger partial charge < -0.3 is 31.6 Å². The summed E-state index contributed by atoms with van der Waals surface area (Å²) >= 11 is 0. The van der Waals surface area contributed by atoms with Gasteiger partial charge in [0.05, 0.1) is 24.1 Å². The minimum absolute atomic E-state index is 0.0554. The van der Waals surface area contributed by atoms with Gasteiger partial charge >= 0.3 is 0 Å². The Morgan fingerprint density at radius 3 is 2.53 bits per heavy atom. The second-order valence-corrected chi connectivity index (χ2v) is 6.57. The molecule has 2 rings (SSSR count). The van der Waals surface area contributed by atoms with Gasteiger partial charge in [-0.3, -0.25) is 4.79 Å². The third-order valence-electron chi connectivity index (χ3n) is 4.23. The largest absolute Gasteiger partial charge is 0.473 e. The number of pyridine rings is 2. The maximum Gasteiger partial charge on any atom is 0.252 e. The van der Waals surface area contributed by atoms with Crippen molar-refractivity contribution < 1.29 is 23.0 Å². The molecule has 2 atom stereocenters. The Bertz CT molecular complexity index is 882. The molecule has 0 radical (unpaired) electrons. The lowest BCUT2D eigenvalue weighted by atomic mass is 10.1. The number of nitrogens with zero attached hydrogens (tertiary/aromatic N) is 2. The van der Waals surface area contributed by atoms with Crippen LogP contribution in [-0.2, 0) is 4.74 Å². The molecule has 0 unspecified atom stereocenters. The zero-order valence-electron chi connectivity index (χ0n) is 17.0. The van der Waals surface area contributed by atoms with Gasteiger partial charge in [-0.2, -0.15) is 0 Å². The Morgan fingerprint density at radius 1 is 1.23 bits per heavy atom. The van der Waals surface area contributed by atoms with Crippen LogP contribution in [0.4, 0.5) is 26.1 Å². The Hall–Kier alpha value is -3.05. The number of methoxy groups -OCH3 is 1. The summed E-state index contributed by atoms with van der Waals surface area (Å²) in [6, 6.07) is 1.55. The topological polar surface area (TPSA) is 137 Å². The number of nitrogens with one attached hydrogen (secondary N) is 2. The number of aromatic nitrogens is 2. The zero-order valence-corrected chi connectivity index (χ0v) is 17.0. The van der Waals surface area contributed by atoms with Crippen molar-refractivity contribution in [1.82, 2.24) is 9.97 Å². The minimum atomic E-state index is -0.900. The molecule has 0 aromatic carbocycles.